The molecule has 4 nitrogen and oxygen atoms in total. The highest BCUT2D eigenvalue weighted by molar-refractivity contribution is 5.68. The summed E-state index contributed by atoms with van der Waals surface area (Å²) in [4.78, 5) is 13.5. The summed E-state index contributed by atoms with van der Waals surface area (Å²) in [5.41, 5.74) is -0.584. The van der Waals surface area contributed by atoms with E-state index in [1.165, 1.54) is 4.90 Å². The fraction of sp³-hybridized carbons (Fsp3) is 0.562. The fourth-order valence-corrected chi connectivity index (χ4v) is 2.30. The first-order valence-corrected chi connectivity index (χ1v) is 7.41. The summed E-state index contributed by atoms with van der Waals surface area (Å²) in [5.74, 6) is -4.27. The summed E-state index contributed by atoms with van der Waals surface area (Å²) < 4.78 is 50.4. The van der Waals surface area contributed by atoms with Gasteiger partial charge in [-0.3, -0.25) is 0 Å². The topological polar surface area (TPSA) is 38.8 Å². The zero-order chi connectivity index (χ0) is 17.2. The van der Waals surface area contributed by atoms with Crippen LogP contribution in [0.15, 0.2) is 12.1 Å². The van der Waals surface area contributed by atoms with Crippen molar-refractivity contribution in [1.82, 2.24) is 4.90 Å². The third-order valence-electron chi connectivity index (χ3n) is 3.40. The molecule has 0 saturated carbocycles. The molecule has 128 valence electrons. The van der Waals surface area contributed by atoms with E-state index in [1.807, 2.05) is 0 Å². The molecule has 1 aliphatic rings. The van der Waals surface area contributed by atoms with Crippen LogP contribution in [0, 0.1) is 23.4 Å². The molecule has 23 heavy (non-hydrogen) atoms. The minimum atomic E-state index is -1.34. The maximum atomic E-state index is 13.5. The van der Waals surface area contributed by atoms with Gasteiger partial charge in [0, 0.05) is 19.0 Å². The molecule has 0 aliphatic carbocycles. The van der Waals surface area contributed by atoms with Crippen molar-refractivity contribution in [2.45, 2.75) is 32.8 Å². The zero-order valence-corrected chi connectivity index (χ0v) is 13.4. The minimum Gasteiger partial charge on any atom is -0.487 e. The van der Waals surface area contributed by atoms with Crippen molar-refractivity contribution in [3.8, 4) is 5.75 Å². The van der Waals surface area contributed by atoms with Crippen molar-refractivity contribution in [2.24, 2.45) is 5.92 Å². The number of rotatable bonds is 3. The molecule has 2 rings (SSSR count). The van der Waals surface area contributed by atoms with Gasteiger partial charge in [0.15, 0.2) is 17.4 Å². The number of carbonyl (C=O) groups is 1. The van der Waals surface area contributed by atoms with E-state index < -0.39 is 34.9 Å². The Morgan fingerprint density at radius 3 is 2.57 bits per heavy atom. The Bertz CT molecular complexity index is 587. The van der Waals surface area contributed by atoms with Gasteiger partial charge in [0.25, 0.3) is 0 Å². The van der Waals surface area contributed by atoms with Crippen LogP contribution in [0.2, 0.25) is 0 Å². The van der Waals surface area contributed by atoms with Gasteiger partial charge in [0.05, 0.1) is 6.61 Å². The molecule has 0 bridgehead atoms. The van der Waals surface area contributed by atoms with Gasteiger partial charge in [-0.05, 0) is 39.3 Å². The molecule has 7 heteroatoms. The maximum Gasteiger partial charge on any atom is 0.410 e. The number of hydrogen-bond acceptors (Lipinski definition) is 3. The lowest BCUT2D eigenvalue weighted by atomic mass is 10.1. The lowest BCUT2D eigenvalue weighted by molar-refractivity contribution is 0.0284. The van der Waals surface area contributed by atoms with Crippen LogP contribution in [0.5, 0.6) is 5.75 Å². The summed E-state index contributed by atoms with van der Waals surface area (Å²) in [7, 11) is 0. The molecule has 1 aromatic rings. The molecular formula is C16H20F3NO3. The molecule has 1 heterocycles. The van der Waals surface area contributed by atoms with Crippen LogP contribution in [-0.2, 0) is 4.74 Å². The highest BCUT2D eigenvalue weighted by Crippen LogP contribution is 2.26. The second-order valence-corrected chi connectivity index (χ2v) is 6.56. The first-order valence-electron chi connectivity index (χ1n) is 7.41. The van der Waals surface area contributed by atoms with Gasteiger partial charge < -0.3 is 14.4 Å². The second kappa shape index (κ2) is 6.68. The normalized spacial score (nSPS) is 18.2. The monoisotopic (exact) mass is 331 g/mol. The van der Waals surface area contributed by atoms with Gasteiger partial charge in [0.1, 0.15) is 5.60 Å². The maximum absolute atomic E-state index is 13.5. The van der Waals surface area contributed by atoms with Crippen LogP contribution < -0.4 is 4.74 Å². The van der Waals surface area contributed by atoms with Crippen LogP contribution in [-0.4, -0.2) is 36.3 Å². The molecule has 1 amide bonds. The van der Waals surface area contributed by atoms with E-state index >= 15 is 0 Å². The quantitative estimate of drug-likeness (QED) is 0.792. The highest BCUT2D eigenvalue weighted by atomic mass is 19.2. The standard InChI is InChI=1S/C16H20F3NO3/c1-16(2,3)23-15(21)20-7-6-10(8-20)9-22-14-12(18)5-4-11(17)13(14)19/h4-5,10H,6-9H2,1-3H3/t10-/m0/s1. The van der Waals surface area contributed by atoms with Crippen molar-refractivity contribution in [1.29, 1.82) is 0 Å². The van der Waals surface area contributed by atoms with E-state index in [9.17, 15) is 18.0 Å². The number of hydrogen-bond donors (Lipinski definition) is 0. The molecule has 0 spiro atoms. The highest BCUT2D eigenvalue weighted by Gasteiger charge is 2.30. The molecule has 0 unspecified atom stereocenters. The lowest BCUT2D eigenvalue weighted by Crippen LogP contribution is -2.35. The molecular weight excluding hydrogens is 311 g/mol. The van der Waals surface area contributed by atoms with Gasteiger partial charge in [-0.25, -0.2) is 13.6 Å². The molecule has 0 radical (unpaired) electrons. The van der Waals surface area contributed by atoms with Gasteiger partial charge in [-0.2, -0.15) is 4.39 Å². The van der Waals surface area contributed by atoms with Crippen molar-refractivity contribution in [3.05, 3.63) is 29.6 Å². The van der Waals surface area contributed by atoms with Crippen LogP contribution in [0.1, 0.15) is 27.2 Å². The van der Waals surface area contributed by atoms with Crippen molar-refractivity contribution in [3.63, 3.8) is 0 Å². The summed E-state index contributed by atoms with van der Waals surface area (Å²) in [6.07, 6.45) is 0.195. The molecule has 1 aliphatic heterocycles. The Labute approximate surface area is 133 Å². The summed E-state index contributed by atoms with van der Waals surface area (Å²) in [6.45, 7) is 6.17. The number of nitrogens with zero attached hydrogens (tertiary/aromatic N) is 1. The number of amides is 1. The van der Waals surface area contributed by atoms with E-state index in [-0.39, 0.29) is 12.5 Å². The summed E-state index contributed by atoms with van der Waals surface area (Å²) >= 11 is 0. The number of halogens is 3. The Morgan fingerprint density at radius 2 is 1.91 bits per heavy atom. The van der Waals surface area contributed by atoms with Crippen molar-refractivity contribution < 1.29 is 27.4 Å². The van der Waals surface area contributed by atoms with Crippen LogP contribution in [0.3, 0.4) is 0 Å². The molecule has 0 N–H and O–H groups in total. The summed E-state index contributed by atoms with van der Waals surface area (Å²) in [6, 6.07) is 1.52. The third-order valence-corrected chi connectivity index (χ3v) is 3.40. The molecule has 1 fully saturated rings. The predicted octanol–water partition coefficient (Wildman–Crippen LogP) is 3.74. The van der Waals surface area contributed by atoms with E-state index in [0.29, 0.717) is 25.6 Å². The Hall–Kier alpha value is -1.92. The number of carbonyl (C=O) groups excluding carboxylic acids is 1. The number of benzene rings is 1. The number of ether oxygens (including phenoxy) is 2. The van der Waals surface area contributed by atoms with Gasteiger partial charge in [-0.1, -0.05) is 0 Å². The van der Waals surface area contributed by atoms with Crippen LogP contribution >= 0.6 is 0 Å². The average Bonchev–Trinajstić information content (AvgIpc) is 2.90. The first kappa shape index (κ1) is 17.4. The minimum absolute atomic E-state index is 0.00338. The van der Waals surface area contributed by atoms with Gasteiger partial charge >= 0.3 is 6.09 Å². The second-order valence-electron chi connectivity index (χ2n) is 6.56. The molecule has 0 aromatic heterocycles. The van der Waals surface area contributed by atoms with E-state index in [4.69, 9.17) is 9.47 Å². The molecule has 1 aromatic carbocycles. The van der Waals surface area contributed by atoms with E-state index in [1.54, 1.807) is 20.8 Å². The van der Waals surface area contributed by atoms with Crippen LogP contribution in [0.4, 0.5) is 18.0 Å². The Balaban J connectivity index is 1.90. The average molecular weight is 331 g/mol. The van der Waals surface area contributed by atoms with E-state index in [2.05, 4.69) is 0 Å². The Kier molecular flexibility index (Phi) is 5.06. The third kappa shape index (κ3) is 4.53. The van der Waals surface area contributed by atoms with Crippen molar-refractivity contribution in [2.75, 3.05) is 19.7 Å². The zero-order valence-electron chi connectivity index (χ0n) is 13.4. The first-order chi connectivity index (χ1) is 10.7. The molecule has 1 atom stereocenters. The van der Waals surface area contributed by atoms with E-state index in [0.717, 1.165) is 6.07 Å². The lowest BCUT2D eigenvalue weighted by Gasteiger charge is -2.24. The number of likely N-dealkylation sites (tertiary alicyclic amines) is 1. The summed E-state index contributed by atoms with van der Waals surface area (Å²) in [5, 5.41) is 0. The van der Waals surface area contributed by atoms with Crippen molar-refractivity contribution >= 4 is 6.09 Å². The molecule has 1 saturated heterocycles. The predicted molar refractivity (Wildman–Crippen MR) is 77.7 cm³/mol. The van der Waals surface area contributed by atoms with Crippen LogP contribution in [0.25, 0.3) is 0 Å². The largest absolute Gasteiger partial charge is 0.487 e. The Morgan fingerprint density at radius 1 is 1.26 bits per heavy atom. The SMILES string of the molecule is CC(C)(C)OC(=O)N1CC[C@H](COc2c(F)ccc(F)c2F)C1. The smallest absolute Gasteiger partial charge is 0.410 e. The van der Waals surface area contributed by atoms with Gasteiger partial charge in [0.2, 0.25) is 5.82 Å². The van der Waals surface area contributed by atoms with Gasteiger partial charge in [-0.15, -0.1) is 0 Å². The fourth-order valence-electron chi connectivity index (χ4n) is 2.30.